The number of fused-ring (bicyclic) bond motifs is 1. The summed E-state index contributed by atoms with van der Waals surface area (Å²) in [4.78, 5) is 27.0. The monoisotopic (exact) mass is 677 g/mol. The predicted molar refractivity (Wildman–Crippen MR) is 163 cm³/mol. The lowest BCUT2D eigenvalue weighted by atomic mass is 10.0. The van der Waals surface area contributed by atoms with Gasteiger partial charge in [0.2, 0.25) is 16.8 Å². The molecule has 15 heteroatoms. The van der Waals surface area contributed by atoms with Gasteiger partial charge in [0.15, 0.2) is 17.6 Å². The highest BCUT2D eigenvalue weighted by Crippen LogP contribution is 2.35. The van der Waals surface area contributed by atoms with E-state index < -0.39 is 52.0 Å². The first-order valence-corrected chi connectivity index (χ1v) is 16.2. The third-order valence-corrected chi connectivity index (χ3v) is 9.47. The fourth-order valence-electron chi connectivity index (χ4n) is 5.27. The van der Waals surface area contributed by atoms with Gasteiger partial charge in [-0.3, -0.25) is 9.69 Å². The van der Waals surface area contributed by atoms with Crippen LogP contribution in [0.15, 0.2) is 77.7 Å². The molecule has 0 spiro atoms. The van der Waals surface area contributed by atoms with Crippen molar-refractivity contribution in [2.45, 2.75) is 49.6 Å². The molecule has 1 saturated heterocycles. The second-order valence-corrected chi connectivity index (χ2v) is 13.6. The number of carbonyl (C=O) groups is 2. The minimum absolute atomic E-state index is 0.0352. The van der Waals surface area contributed by atoms with Gasteiger partial charge in [-0.05, 0) is 54.3 Å². The maximum atomic E-state index is 13.8. The van der Waals surface area contributed by atoms with Crippen molar-refractivity contribution in [3.05, 3.63) is 83.9 Å². The summed E-state index contributed by atoms with van der Waals surface area (Å²) in [6, 6.07) is 16.0. The molecule has 47 heavy (non-hydrogen) atoms. The van der Waals surface area contributed by atoms with E-state index in [2.05, 4.69) is 5.32 Å². The first-order chi connectivity index (χ1) is 22.2. The molecule has 0 radical (unpaired) electrons. The van der Waals surface area contributed by atoms with Crippen LogP contribution in [0.2, 0.25) is 0 Å². The van der Waals surface area contributed by atoms with Crippen LogP contribution in [-0.4, -0.2) is 74.5 Å². The summed E-state index contributed by atoms with van der Waals surface area (Å²) < 4.78 is 83.6. The molecule has 3 atom stereocenters. The Bertz CT molecular complexity index is 1690. The van der Waals surface area contributed by atoms with Crippen molar-refractivity contribution < 1.29 is 50.5 Å². The van der Waals surface area contributed by atoms with E-state index in [0.717, 1.165) is 39.0 Å². The molecule has 2 aliphatic heterocycles. The minimum atomic E-state index is -4.56. The van der Waals surface area contributed by atoms with E-state index in [9.17, 15) is 36.3 Å². The number of hydrogen-bond donors (Lipinski definition) is 2. The molecule has 0 aromatic heterocycles. The number of nitrogens with zero attached hydrogens (tertiary/aromatic N) is 2. The standard InChI is InChI=1S/C32H34F3N3O8S/c1-20(2)16-37(47(42,43)24-12-13-27-28(15-24)45-19-44-27)17-26(39)25(14-21-6-4-3-5-7-21)36-30(40)29-18-38(31(41)46-29)23-10-8-22(9-11-23)32(33,34)35/h3-13,15,20,25-26,29,39H,14,16-19H2,1-2H3,(H,36,40)/t25-,26+,29-/m0/s1. The smallest absolute Gasteiger partial charge is 0.416 e. The zero-order chi connectivity index (χ0) is 33.9. The SMILES string of the molecule is CC(C)CN(C[C@@H](O)[C@H](Cc1ccccc1)NC(=O)[C@@H]1CN(c2ccc(C(F)(F)F)cc2)C(=O)O1)S(=O)(=O)c1ccc2c(c1)OCO2. The summed E-state index contributed by atoms with van der Waals surface area (Å²) in [6.45, 7) is 3.01. The maximum Gasteiger partial charge on any atom is 0.416 e. The molecule has 2 heterocycles. The van der Waals surface area contributed by atoms with Crippen LogP contribution in [0.25, 0.3) is 0 Å². The zero-order valence-electron chi connectivity index (χ0n) is 25.5. The van der Waals surface area contributed by atoms with Gasteiger partial charge in [-0.15, -0.1) is 0 Å². The van der Waals surface area contributed by atoms with Crippen molar-refractivity contribution in [1.29, 1.82) is 0 Å². The van der Waals surface area contributed by atoms with Gasteiger partial charge in [0.05, 0.1) is 29.1 Å². The number of ether oxygens (including phenoxy) is 3. The number of benzene rings is 3. The van der Waals surface area contributed by atoms with Gasteiger partial charge in [0.25, 0.3) is 5.91 Å². The number of hydrogen-bond acceptors (Lipinski definition) is 8. The fourth-order valence-corrected chi connectivity index (χ4v) is 6.91. The Balaban J connectivity index is 1.34. The van der Waals surface area contributed by atoms with Gasteiger partial charge in [0.1, 0.15) is 0 Å². The van der Waals surface area contributed by atoms with Crippen molar-refractivity contribution in [2.75, 3.05) is 31.3 Å². The summed E-state index contributed by atoms with van der Waals surface area (Å²) >= 11 is 0. The van der Waals surface area contributed by atoms with Crippen molar-refractivity contribution in [1.82, 2.24) is 9.62 Å². The Kier molecular flexibility index (Phi) is 9.98. The molecule has 0 saturated carbocycles. The van der Waals surface area contributed by atoms with E-state index in [1.54, 1.807) is 30.3 Å². The Hall–Kier alpha value is -4.34. The van der Waals surface area contributed by atoms with Crippen LogP contribution in [-0.2, 0) is 32.2 Å². The van der Waals surface area contributed by atoms with Gasteiger partial charge in [-0.1, -0.05) is 44.2 Å². The Morgan fingerprint density at radius 2 is 1.70 bits per heavy atom. The molecule has 11 nitrogen and oxygen atoms in total. The number of aliphatic hydroxyl groups is 1. The number of anilines is 1. The van der Waals surface area contributed by atoms with Crippen LogP contribution in [0.4, 0.5) is 23.7 Å². The number of amides is 2. The van der Waals surface area contributed by atoms with Crippen LogP contribution in [0.1, 0.15) is 25.0 Å². The van der Waals surface area contributed by atoms with Crippen molar-refractivity contribution in [3.8, 4) is 11.5 Å². The zero-order valence-corrected chi connectivity index (χ0v) is 26.3. The van der Waals surface area contributed by atoms with Gasteiger partial charge < -0.3 is 24.6 Å². The Morgan fingerprint density at radius 1 is 1.02 bits per heavy atom. The lowest BCUT2D eigenvalue weighted by Crippen LogP contribution is -2.53. The van der Waals surface area contributed by atoms with E-state index in [1.165, 1.54) is 18.2 Å². The third kappa shape index (κ3) is 7.97. The number of sulfonamides is 1. The number of cyclic esters (lactones) is 1. The van der Waals surface area contributed by atoms with Gasteiger partial charge in [0, 0.05) is 24.8 Å². The lowest BCUT2D eigenvalue weighted by molar-refractivity contribution is -0.137. The summed E-state index contributed by atoms with van der Waals surface area (Å²) in [5, 5.41) is 14.2. The van der Waals surface area contributed by atoms with E-state index >= 15 is 0 Å². The molecule has 3 aromatic rings. The second-order valence-electron chi connectivity index (χ2n) is 11.6. The number of halogens is 3. The van der Waals surface area contributed by atoms with Crippen molar-refractivity contribution in [2.24, 2.45) is 5.92 Å². The normalized spacial score (nSPS) is 17.6. The average Bonchev–Trinajstić information content (AvgIpc) is 3.66. The van der Waals surface area contributed by atoms with Crippen molar-refractivity contribution in [3.63, 3.8) is 0 Å². The number of rotatable bonds is 12. The van der Waals surface area contributed by atoms with Crippen LogP contribution in [0.5, 0.6) is 11.5 Å². The van der Waals surface area contributed by atoms with E-state index in [-0.39, 0.29) is 55.1 Å². The highest BCUT2D eigenvalue weighted by atomic mass is 32.2. The molecule has 0 unspecified atom stereocenters. The van der Waals surface area contributed by atoms with Gasteiger partial charge in [-0.25, -0.2) is 13.2 Å². The fraction of sp³-hybridized carbons (Fsp3) is 0.375. The van der Waals surface area contributed by atoms with Crippen LogP contribution >= 0.6 is 0 Å². The van der Waals surface area contributed by atoms with E-state index in [1.807, 2.05) is 13.8 Å². The van der Waals surface area contributed by atoms with Crippen LogP contribution < -0.4 is 19.7 Å². The summed E-state index contributed by atoms with van der Waals surface area (Å²) in [5.41, 5.74) is -0.0502. The number of alkyl halides is 3. The molecule has 2 amide bonds. The summed E-state index contributed by atoms with van der Waals surface area (Å²) in [7, 11) is -4.14. The van der Waals surface area contributed by atoms with Gasteiger partial charge >= 0.3 is 12.3 Å². The average molecular weight is 678 g/mol. The van der Waals surface area contributed by atoms with Crippen molar-refractivity contribution >= 4 is 27.7 Å². The predicted octanol–water partition coefficient (Wildman–Crippen LogP) is 4.19. The summed E-state index contributed by atoms with van der Waals surface area (Å²) in [6.07, 6.45) is -8.14. The Morgan fingerprint density at radius 3 is 2.36 bits per heavy atom. The van der Waals surface area contributed by atoms with E-state index in [4.69, 9.17) is 14.2 Å². The molecular formula is C32H34F3N3O8S. The molecule has 1 fully saturated rings. The quantitative estimate of drug-likeness (QED) is 0.292. The minimum Gasteiger partial charge on any atom is -0.454 e. The second kappa shape index (κ2) is 13.8. The molecule has 0 bridgehead atoms. The van der Waals surface area contributed by atoms with Crippen LogP contribution in [0.3, 0.4) is 0 Å². The molecular weight excluding hydrogens is 643 g/mol. The molecule has 252 valence electrons. The topological polar surface area (TPSA) is 135 Å². The highest BCUT2D eigenvalue weighted by Gasteiger charge is 2.40. The molecule has 5 rings (SSSR count). The maximum absolute atomic E-state index is 13.8. The largest absolute Gasteiger partial charge is 0.454 e. The first kappa shape index (κ1) is 34.0. The highest BCUT2D eigenvalue weighted by molar-refractivity contribution is 7.89. The summed E-state index contributed by atoms with van der Waals surface area (Å²) in [5.74, 6) is -0.194. The number of nitrogens with one attached hydrogen (secondary N) is 1. The molecule has 2 aliphatic rings. The Labute approximate surface area is 269 Å². The molecule has 0 aliphatic carbocycles. The number of carbonyl (C=O) groups excluding carboxylic acids is 2. The van der Waals surface area contributed by atoms with Crippen LogP contribution in [0, 0.1) is 5.92 Å². The van der Waals surface area contributed by atoms with E-state index in [0.29, 0.717) is 5.75 Å². The molecule has 2 N–H and O–H groups in total. The lowest BCUT2D eigenvalue weighted by Gasteiger charge is -2.31. The van der Waals surface area contributed by atoms with Gasteiger partial charge in [-0.2, -0.15) is 17.5 Å². The first-order valence-electron chi connectivity index (χ1n) is 14.8. The number of aliphatic hydroxyl groups excluding tert-OH is 1. The third-order valence-electron chi connectivity index (χ3n) is 7.64. The molecule has 3 aromatic carbocycles.